The lowest BCUT2D eigenvalue weighted by molar-refractivity contribution is 0.282. The van der Waals surface area contributed by atoms with Gasteiger partial charge in [0.15, 0.2) is 0 Å². The largest absolute Gasteiger partial charge is 0.396 e. The van der Waals surface area contributed by atoms with E-state index < -0.39 is 20.0 Å². The van der Waals surface area contributed by atoms with Crippen LogP contribution in [0.25, 0.3) is 0 Å². The number of nitrogens with two attached hydrogens (primary N) is 1. The normalized spacial score (nSPS) is 12.5. The van der Waals surface area contributed by atoms with E-state index in [1.54, 1.807) is 0 Å². The summed E-state index contributed by atoms with van der Waals surface area (Å²) in [6.45, 7) is 0.388. The minimum Gasteiger partial charge on any atom is -0.396 e. The van der Waals surface area contributed by atoms with Gasteiger partial charge in [-0.05, 0) is 31.0 Å². The maximum Gasteiger partial charge on any atom is 0.240 e. The van der Waals surface area contributed by atoms with Gasteiger partial charge in [-0.15, -0.1) is 0 Å². The summed E-state index contributed by atoms with van der Waals surface area (Å²) in [4.78, 5) is -0.377. The highest BCUT2D eigenvalue weighted by molar-refractivity contribution is 7.90. The Hall–Kier alpha value is -1.00. The lowest BCUT2D eigenvalue weighted by Crippen LogP contribution is -2.25. The summed E-state index contributed by atoms with van der Waals surface area (Å²) in [5.74, 6) is 0. The zero-order valence-corrected chi connectivity index (χ0v) is 13.2. The Balaban J connectivity index is 2.67. The number of sulfonamides is 2. The molecule has 4 N–H and O–H groups in total. The molecule has 0 aliphatic carbocycles. The average Bonchev–Trinajstić information content (AvgIpc) is 2.42. The van der Waals surface area contributed by atoms with Crippen molar-refractivity contribution in [2.45, 2.75) is 35.5 Å². The van der Waals surface area contributed by atoms with E-state index in [-0.39, 0.29) is 22.9 Å². The van der Waals surface area contributed by atoms with Crippen molar-refractivity contribution in [1.82, 2.24) is 4.72 Å². The van der Waals surface area contributed by atoms with Gasteiger partial charge in [0.05, 0.1) is 9.79 Å². The first-order valence-electron chi connectivity index (χ1n) is 6.51. The monoisotopic (exact) mass is 336 g/mol. The van der Waals surface area contributed by atoms with Crippen LogP contribution in [0.1, 0.15) is 25.7 Å². The first-order chi connectivity index (χ1) is 9.77. The molecular formula is C12H20N2O5S2. The molecule has 1 aromatic carbocycles. The highest BCUT2D eigenvalue weighted by Gasteiger charge is 2.16. The zero-order valence-electron chi connectivity index (χ0n) is 11.5. The summed E-state index contributed by atoms with van der Waals surface area (Å²) in [7, 11) is -7.69. The van der Waals surface area contributed by atoms with Crippen LogP contribution in [0.4, 0.5) is 0 Å². The van der Waals surface area contributed by atoms with Crippen LogP contribution >= 0.6 is 0 Å². The van der Waals surface area contributed by atoms with Crippen LogP contribution in [0, 0.1) is 0 Å². The summed E-state index contributed by atoms with van der Waals surface area (Å²) in [5.41, 5.74) is 0. The molecule has 0 saturated carbocycles. The first kappa shape index (κ1) is 18.1. The number of primary sulfonamides is 1. The molecule has 0 saturated heterocycles. The first-order valence-corrected chi connectivity index (χ1v) is 9.54. The maximum atomic E-state index is 12.0. The van der Waals surface area contributed by atoms with Gasteiger partial charge < -0.3 is 5.11 Å². The van der Waals surface area contributed by atoms with E-state index in [4.69, 9.17) is 10.2 Å². The number of nitrogens with one attached hydrogen (secondary N) is 1. The molecular weight excluding hydrogens is 316 g/mol. The van der Waals surface area contributed by atoms with Gasteiger partial charge in [-0.2, -0.15) is 0 Å². The third-order valence-corrected chi connectivity index (χ3v) is 5.19. The number of hydrogen-bond acceptors (Lipinski definition) is 5. The van der Waals surface area contributed by atoms with Gasteiger partial charge >= 0.3 is 0 Å². The van der Waals surface area contributed by atoms with Gasteiger partial charge in [-0.3, -0.25) is 0 Å². The van der Waals surface area contributed by atoms with E-state index in [2.05, 4.69) is 4.72 Å². The molecule has 1 rings (SSSR count). The average molecular weight is 336 g/mol. The molecule has 0 amide bonds. The minimum atomic E-state index is -3.94. The van der Waals surface area contributed by atoms with Crippen LogP contribution < -0.4 is 9.86 Å². The van der Waals surface area contributed by atoms with Crippen LogP contribution in [0.3, 0.4) is 0 Å². The standard InChI is InChI=1S/C12H20N2O5S2/c13-20(16,17)11-6-5-7-12(10-11)21(18,19)14-8-3-1-2-4-9-15/h5-7,10,14-15H,1-4,8-9H2,(H2,13,16,17). The van der Waals surface area contributed by atoms with E-state index in [0.29, 0.717) is 12.8 Å². The Morgan fingerprint density at radius 3 is 2.24 bits per heavy atom. The number of unbranched alkanes of at least 4 members (excludes halogenated alkanes) is 3. The van der Waals surface area contributed by atoms with Crippen LogP contribution in [0.2, 0.25) is 0 Å². The third-order valence-electron chi connectivity index (χ3n) is 2.82. The Kier molecular flexibility index (Phi) is 6.75. The molecule has 0 spiro atoms. The third kappa shape index (κ3) is 6.10. The fourth-order valence-electron chi connectivity index (χ4n) is 1.70. The van der Waals surface area contributed by atoms with E-state index in [1.807, 2.05) is 0 Å². The molecule has 0 aliphatic rings. The van der Waals surface area contributed by atoms with Crippen LogP contribution in [0.5, 0.6) is 0 Å². The Morgan fingerprint density at radius 1 is 1.00 bits per heavy atom. The Bertz CT molecular complexity index is 656. The second-order valence-electron chi connectivity index (χ2n) is 4.56. The fourth-order valence-corrected chi connectivity index (χ4v) is 3.45. The smallest absolute Gasteiger partial charge is 0.240 e. The molecule has 21 heavy (non-hydrogen) atoms. The summed E-state index contributed by atoms with van der Waals surface area (Å²) in [6, 6.07) is 4.91. The quantitative estimate of drug-likeness (QED) is 0.554. The molecule has 0 aliphatic heterocycles. The van der Waals surface area contributed by atoms with Crippen molar-refractivity contribution in [3.05, 3.63) is 24.3 Å². The van der Waals surface area contributed by atoms with Crippen molar-refractivity contribution in [2.75, 3.05) is 13.2 Å². The van der Waals surface area contributed by atoms with Crippen molar-refractivity contribution >= 4 is 20.0 Å². The van der Waals surface area contributed by atoms with Crippen molar-refractivity contribution in [3.8, 4) is 0 Å². The molecule has 0 aromatic heterocycles. The van der Waals surface area contributed by atoms with Crippen molar-refractivity contribution in [2.24, 2.45) is 5.14 Å². The summed E-state index contributed by atoms with van der Waals surface area (Å²) < 4.78 is 48.9. The molecule has 0 heterocycles. The summed E-state index contributed by atoms with van der Waals surface area (Å²) >= 11 is 0. The van der Waals surface area contributed by atoms with Crippen molar-refractivity contribution in [1.29, 1.82) is 0 Å². The lowest BCUT2D eigenvalue weighted by atomic mass is 10.2. The molecule has 0 unspecified atom stereocenters. The molecule has 0 fully saturated rings. The minimum absolute atomic E-state index is 0.131. The number of benzene rings is 1. The predicted molar refractivity (Wildman–Crippen MR) is 78.6 cm³/mol. The predicted octanol–water partition coefficient (Wildman–Crippen LogP) is 0.165. The van der Waals surface area contributed by atoms with Crippen LogP contribution in [-0.4, -0.2) is 35.1 Å². The molecule has 1 aromatic rings. The molecule has 0 bridgehead atoms. The molecule has 9 heteroatoms. The van der Waals surface area contributed by atoms with Gasteiger partial charge in [0.2, 0.25) is 20.0 Å². The van der Waals surface area contributed by atoms with E-state index >= 15 is 0 Å². The topological polar surface area (TPSA) is 127 Å². The van der Waals surface area contributed by atoms with Crippen LogP contribution in [-0.2, 0) is 20.0 Å². The number of aliphatic hydroxyl groups excluding tert-OH is 1. The van der Waals surface area contributed by atoms with Gasteiger partial charge in [-0.1, -0.05) is 18.9 Å². The summed E-state index contributed by atoms with van der Waals surface area (Å²) in [5, 5.41) is 13.6. The van der Waals surface area contributed by atoms with Crippen LogP contribution in [0.15, 0.2) is 34.1 Å². The van der Waals surface area contributed by atoms with Gasteiger partial charge in [0.25, 0.3) is 0 Å². The van der Waals surface area contributed by atoms with Gasteiger partial charge in [0.1, 0.15) is 0 Å². The highest BCUT2D eigenvalue weighted by atomic mass is 32.2. The molecule has 7 nitrogen and oxygen atoms in total. The van der Waals surface area contributed by atoms with Gasteiger partial charge in [-0.25, -0.2) is 26.7 Å². The summed E-state index contributed by atoms with van der Waals surface area (Å²) in [6.07, 6.45) is 2.98. The number of aliphatic hydroxyl groups is 1. The Morgan fingerprint density at radius 2 is 1.62 bits per heavy atom. The van der Waals surface area contributed by atoms with Gasteiger partial charge in [0, 0.05) is 13.2 Å². The highest BCUT2D eigenvalue weighted by Crippen LogP contribution is 2.14. The van der Waals surface area contributed by atoms with E-state index in [9.17, 15) is 16.8 Å². The number of rotatable bonds is 9. The molecule has 0 radical (unpaired) electrons. The van der Waals surface area contributed by atoms with E-state index in [1.165, 1.54) is 18.2 Å². The second-order valence-corrected chi connectivity index (χ2v) is 7.88. The van der Waals surface area contributed by atoms with E-state index in [0.717, 1.165) is 18.9 Å². The van der Waals surface area contributed by atoms with Crippen molar-refractivity contribution in [3.63, 3.8) is 0 Å². The maximum absolute atomic E-state index is 12.0. The number of hydrogen-bond donors (Lipinski definition) is 3. The Labute approximate surface area is 125 Å². The molecule has 0 atom stereocenters. The SMILES string of the molecule is NS(=O)(=O)c1cccc(S(=O)(=O)NCCCCCCO)c1. The lowest BCUT2D eigenvalue weighted by Gasteiger charge is -2.07. The van der Waals surface area contributed by atoms with Crippen molar-refractivity contribution < 1.29 is 21.9 Å². The fraction of sp³-hybridized carbons (Fsp3) is 0.500. The zero-order chi connectivity index (χ0) is 15.9. The molecule has 120 valence electrons. The second kappa shape index (κ2) is 7.85.